The fourth-order valence-electron chi connectivity index (χ4n) is 2.94. The van der Waals surface area contributed by atoms with E-state index < -0.39 is 0 Å². The highest BCUT2D eigenvalue weighted by atomic mass is 32.2. The number of rotatable bonds is 7. The predicted molar refractivity (Wildman–Crippen MR) is 113 cm³/mol. The van der Waals surface area contributed by atoms with Gasteiger partial charge < -0.3 is 9.64 Å². The van der Waals surface area contributed by atoms with Gasteiger partial charge in [-0.05, 0) is 51.7 Å². The van der Waals surface area contributed by atoms with Crippen LogP contribution in [0.2, 0.25) is 0 Å². The number of hydrogen-bond donors (Lipinski definition) is 0. The number of nitro benzene ring substituents is 1. The van der Waals surface area contributed by atoms with Crippen LogP contribution in [-0.4, -0.2) is 45.5 Å². The van der Waals surface area contributed by atoms with Crippen molar-refractivity contribution in [2.75, 3.05) is 18.9 Å². The molecule has 6 nitrogen and oxygen atoms in total. The maximum Gasteiger partial charge on any atom is 0.269 e. The van der Waals surface area contributed by atoms with E-state index >= 15 is 0 Å². The normalized spacial score (nSPS) is 19.3. The molecule has 0 aliphatic carbocycles. The van der Waals surface area contributed by atoms with Crippen LogP contribution in [0, 0.1) is 23.0 Å². The number of aryl methyl sites for hydroxylation is 1. The highest BCUT2D eigenvalue weighted by molar-refractivity contribution is 8.14. The summed E-state index contributed by atoms with van der Waals surface area (Å²) >= 11 is 1.76. The molecule has 1 atom stereocenters. The quantitative estimate of drug-likeness (QED) is 0.472. The molecule has 0 radical (unpaired) electrons. The van der Waals surface area contributed by atoms with Crippen LogP contribution in [-0.2, 0) is 4.74 Å². The second-order valence-electron chi connectivity index (χ2n) is 8.38. The van der Waals surface area contributed by atoms with Crippen molar-refractivity contribution in [3.63, 3.8) is 0 Å². The molecule has 0 saturated carbocycles. The Hall–Kier alpha value is -1.60. The first-order chi connectivity index (χ1) is 12.6. The Kier molecular flexibility index (Phi) is 7.28. The molecule has 1 fully saturated rings. The van der Waals surface area contributed by atoms with Crippen molar-refractivity contribution in [2.45, 2.75) is 59.6 Å². The fourth-order valence-corrected chi connectivity index (χ4v) is 4.18. The molecular formula is C20H31N3O3S. The van der Waals surface area contributed by atoms with Gasteiger partial charge in [-0.3, -0.25) is 10.1 Å². The summed E-state index contributed by atoms with van der Waals surface area (Å²) in [5, 5.41) is 11.9. The van der Waals surface area contributed by atoms with E-state index in [0.717, 1.165) is 41.7 Å². The first-order valence-corrected chi connectivity index (χ1v) is 10.4. The number of nitrogens with zero attached hydrogens (tertiary/aromatic N) is 3. The van der Waals surface area contributed by atoms with Crippen molar-refractivity contribution in [1.82, 2.24) is 4.90 Å². The first-order valence-electron chi connectivity index (χ1n) is 9.44. The Bertz CT molecular complexity index is 698. The van der Waals surface area contributed by atoms with E-state index in [0.29, 0.717) is 12.0 Å². The smallest absolute Gasteiger partial charge is 0.269 e. The van der Waals surface area contributed by atoms with Gasteiger partial charge in [-0.1, -0.05) is 25.6 Å². The SMILES string of the molecule is Cc1cc([N+](=O)[O-])ccc1N=C1SC[C@H](CCOC(C)(C)C)N1CC(C)C. The average molecular weight is 394 g/mol. The van der Waals surface area contributed by atoms with Gasteiger partial charge in [0.05, 0.1) is 16.2 Å². The minimum Gasteiger partial charge on any atom is -0.376 e. The molecule has 1 aliphatic rings. The van der Waals surface area contributed by atoms with Crippen molar-refractivity contribution in [3.05, 3.63) is 33.9 Å². The van der Waals surface area contributed by atoms with Crippen molar-refractivity contribution in [1.29, 1.82) is 0 Å². The summed E-state index contributed by atoms with van der Waals surface area (Å²) in [5.74, 6) is 1.52. The lowest BCUT2D eigenvalue weighted by Crippen LogP contribution is -2.38. The summed E-state index contributed by atoms with van der Waals surface area (Å²) in [7, 11) is 0. The number of ether oxygens (including phenoxy) is 1. The molecule has 0 spiro atoms. The molecule has 1 aromatic rings. The third-order valence-electron chi connectivity index (χ3n) is 4.25. The van der Waals surface area contributed by atoms with Crippen LogP contribution in [0.3, 0.4) is 0 Å². The number of hydrogen-bond acceptors (Lipinski definition) is 5. The number of non-ortho nitro benzene ring substituents is 1. The van der Waals surface area contributed by atoms with Crippen LogP contribution in [0.4, 0.5) is 11.4 Å². The zero-order valence-corrected chi connectivity index (χ0v) is 18.0. The molecule has 0 unspecified atom stereocenters. The van der Waals surface area contributed by atoms with E-state index in [9.17, 15) is 10.1 Å². The molecule has 1 aliphatic heterocycles. The van der Waals surface area contributed by atoms with Crippen LogP contribution in [0.1, 0.15) is 46.6 Å². The predicted octanol–water partition coefficient (Wildman–Crippen LogP) is 5.17. The van der Waals surface area contributed by atoms with Crippen LogP contribution < -0.4 is 0 Å². The standard InChI is InChI=1S/C20H31N3O3S/c1-14(2)12-22-17(9-10-26-20(4,5)6)13-27-19(22)21-18-8-7-16(23(24)25)11-15(18)3/h7-8,11,14,17H,9-10,12-13H2,1-6H3/t17-/m0/s1. The van der Waals surface area contributed by atoms with Crippen molar-refractivity contribution in [3.8, 4) is 0 Å². The number of benzene rings is 1. The molecule has 1 heterocycles. The van der Waals surface area contributed by atoms with Gasteiger partial charge in [-0.25, -0.2) is 4.99 Å². The van der Waals surface area contributed by atoms with Crippen LogP contribution in [0.5, 0.6) is 0 Å². The Labute approximate surface area is 166 Å². The van der Waals surface area contributed by atoms with Gasteiger partial charge >= 0.3 is 0 Å². The number of aliphatic imine (C=N–C) groups is 1. The number of thioether (sulfide) groups is 1. The summed E-state index contributed by atoms with van der Waals surface area (Å²) in [4.78, 5) is 17.8. The Balaban J connectivity index is 2.17. The molecule has 0 amide bonds. The van der Waals surface area contributed by atoms with Gasteiger partial charge in [0.1, 0.15) is 0 Å². The Morgan fingerprint density at radius 3 is 2.67 bits per heavy atom. The van der Waals surface area contributed by atoms with Gasteiger partial charge in [0.2, 0.25) is 0 Å². The highest BCUT2D eigenvalue weighted by Gasteiger charge is 2.31. The molecule has 0 bridgehead atoms. The lowest BCUT2D eigenvalue weighted by Gasteiger charge is -2.29. The highest BCUT2D eigenvalue weighted by Crippen LogP contribution is 2.32. The first kappa shape index (κ1) is 21.7. The van der Waals surface area contributed by atoms with Gasteiger partial charge in [0, 0.05) is 37.1 Å². The molecule has 150 valence electrons. The summed E-state index contributed by atoms with van der Waals surface area (Å²) in [5.41, 5.74) is 1.60. The van der Waals surface area contributed by atoms with E-state index in [1.54, 1.807) is 23.9 Å². The molecule has 2 rings (SSSR count). The number of amidine groups is 1. The van der Waals surface area contributed by atoms with Gasteiger partial charge in [-0.15, -0.1) is 0 Å². The lowest BCUT2D eigenvalue weighted by atomic mass is 10.1. The Morgan fingerprint density at radius 1 is 1.41 bits per heavy atom. The van der Waals surface area contributed by atoms with Crippen LogP contribution in [0.15, 0.2) is 23.2 Å². The number of nitro groups is 1. The lowest BCUT2D eigenvalue weighted by molar-refractivity contribution is -0.384. The van der Waals surface area contributed by atoms with Gasteiger partial charge in [-0.2, -0.15) is 0 Å². The third-order valence-corrected chi connectivity index (χ3v) is 5.38. The zero-order valence-electron chi connectivity index (χ0n) is 17.2. The van der Waals surface area contributed by atoms with E-state index in [4.69, 9.17) is 9.73 Å². The molecule has 0 N–H and O–H groups in total. The monoisotopic (exact) mass is 393 g/mol. The summed E-state index contributed by atoms with van der Waals surface area (Å²) in [6.45, 7) is 14.2. The average Bonchev–Trinajstić information content (AvgIpc) is 2.89. The minimum absolute atomic E-state index is 0.103. The van der Waals surface area contributed by atoms with Crippen molar-refractivity contribution >= 4 is 28.3 Å². The summed E-state index contributed by atoms with van der Waals surface area (Å²) < 4.78 is 5.91. The second kappa shape index (κ2) is 9.06. The topological polar surface area (TPSA) is 68.0 Å². The molecule has 1 saturated heterocycles. The van der Waals surface area contributed by atoms with Crippen LogP contribution in [0.25, 0.3) is 0 Å². The maximum atomic E-state index is 10.9. The van der Waals surface area contributed by atoms with E-state index in [1.165, 1.54) is 6.07 Å². The minimum atomic E-state index is -0.370. The van der Waals surface area contributed by atoms with E-state index in [2.05, 4.69) is 39.5 Å². The molecule has 7 heteroatoms. The van der Waals surface area contributed by atoms with Gasteiger partial charge in [0.15, 0.2) is 5.17 Å². The fraction of sp³-hybridized carbons (Fsp3) is 0.650. The zero-order chi connectivity index (χ0) is 20.2. The summed E-state index contributed by atoms with van der Waals surface area (Å²) in [6.07, 6.45) is 0.968. The maximum absolute atomic E-state index is 10.9. The van der Waals surface area contributed by atoms with Gasteiger partial charge in [0.25, 0.3) is 5.69 Å². The second-order valence-corrected chi connectivity index (χ2v) is 9.37. The molecular weight excluding hydrogens is 362 g/mol. The largest absolute Gasteiger partial charge is 0.376 e. The molecule has 27 heavy (non-hydrogen) atoms. The molecule has 0 aromatic heterocycles. The van der Waals surface area contributed by atoms with Crippen LogP contribution >= 0.6 is 11.8 Å². The molecule has 1 aromatic carbocycles. The van der Waals surface area contributed by atoms with E-state index in [-0.39, 0.29) is 16.2 Å². The summed E-state index contributed by atoms with van der Waals surface area (Å²) in [6, 6.07) is 5.25. The van der Waals surface area contributed by atoms with Crippen molar-refractivity contribution < 1.29 is 9.66 Å². The van der Waals surface area contributed by atoms with Crippen molar-refractivity contribution in [2.24, 2.45) is 10.9 Å². The Morgan fingerprint density at radius 2 is 2.11 bits per heavy atom. The van der Waals surface area contributed by atoms with E-state index in [1.807, 2.05) is 6.92 Å². The third kappa shape index (κ3) is 6.50.